The van der Waals surface area contributed by atoms with Crippen molar-refractivity contribution in [3.05, 3.63) is 40.3 Å². The quantitative estimate of drug-likeness (QED) is 0.780. The average molecular weight is 357 g/mol. The third kappa shape index (κ3) is 3.61. The fourth-order valence-corrected chi connectivity index (χ4v) is 3.15. The number of benzene rings is 1. The van der Waals surface area contributed by atoms with E-state index in [4.69, 9.17) is 4.74 Å². The first-order valence-corrected chi connectivity index (χ1v) is 8.96. The molecule has 1 aromatic heterocycles. The maximum Gasteiger partial charge on any atom is 0.359 e. The van der Waals surface area contributed by atoms with Gasteiger partial charge in [0, 0.05) is 25.0 Å². The van der Waals surface area contributed by atoms with Crippen LogP contribution in [0.4, 0.5) is 0 Å². The number of hydrogen-bond acceptors (Lipinski definition) is 5. The summed E-state index contributed by atoms with van der Waals surface area (Å²) in [5, 5.41) is 4.97. The average Bonchev–Trinajstić information content (AvgIpc) is 2.67. The van der Waals surface area contributed by atoms with Crippen LogP contribution in [0.2, 0.25) is 0 Å². The Kier molecular flexibility index (Phi) is 5.35. The standard InChI is InChI=1S/C19H23N3O4/c1-3-22-18(24)15-7-5-4-6-14(15)17(20-22)19(25)26-12-16(23)21-10-8-13(2)9-11-21/h4-7,13H,3,8-12H2,1-2H3. The molecule has 1 fully saturated rings. The lowest BCUT2D eigenvalue weighted by Crippen LogP contribution is -2.40. The van der Waals surface area contributed by atoms with Crippen molar-refractivity contribution in [2.45, 2.75) is 33.2 Å². The minimum absolute atomic E-state index is 0.0575. The Hall–Kier alpha value is -2.70. The van der Waals surface area contributed by atoms with Crippen molar-refractivity contribution >= 4 is 22.6 Å². The Bertz CT molecular complexity index is 882. The summed E-state index contributed by atoms with van der Waals surface area (Å²) in [6.45, 7) is 5.36. The molecular weight excluding hydrogens is 334 g/mol. The number of nitrogens with zero attached hydrogens (tertiary/aromatic N) is 3. The van der Waals surface area contributed by atoms with Crippen molar-refractivity contribution in [3.8, 4) is 0 Å². The van der Waals surface area contributed by atoms with E-state index in [1.807, 2.05) is 0 Å². The Morgan fingerprint density at radius 2 is 1.85 bits per heavy atom. The number of esters is 1. The minimum Gasteiger partial charge on any atom is -0.451 e. The Labute approximate surface area is 151 Å². The summed E-state index contributed by atoms with van der Waals surface area (Å²) >= 11 is 0. The molecule has 2 heterocycles. The van der Waals surface area contributed by atoms with Gasteiger partial charge in [-0.25, -0.2) is 9.48 Å². The molecule has 0 spiro atoms. The van der Waals surface area contributed by atoms with E-state index in [2.05, 4.69) is 12.0 Å². The predicted octanol–water partition coefficient (Wildman–Crippen LogP) is 1.83. The molecule has 7 heteroatoms. The fourth-order valence-electron chi connectivity index (χ4n) is 3.15. The van der Waals surface area contributed by atoms with Crippen LogP contribution in [0.3, 0.4) is 0 Å². The number of hydrogen-bond donors (Lipinski definition) is 0. The molecule has 0 N–H and O–H groups in total. The van der Waals surface area contributed by atoms with Crippen LogP contribution < -0.4 is 5.56 Å². The van der Waals surface area contributed by atoms with Crippen LogP contribution in [0.1, 0.15) is 37.2 Å². The fraction of sp³-hybridized carbons (Fsp3) is 0.474. The molecule has 0 bridgehead atoms. The van der Waals surface area contributed by atoms with E-state index in [0.29, 0.717) is 36.3 Å². The van der Waals surface area contributed by atoms with E-state index < -0.39 is 5.97 Å². The molecule has 0 saturated carbocycles. The molecule has 1 aromatic carbocycles. The highest BCUT2D eigenvalue weighted by atomic mass is 16.5. The topological polar surface area (TPSA) is 81.5 Å². The maximum atomic E-state index is 12.5. The Balaban J connectivity index is 1.77. The normalized spacial score (nSPS) is 15.2. The van der Waals surface area contributed by atoms with E-state index in [1.54, 1.807) is 36.1 Å². The SMILES string of the molecule is CCn1nc(C(=O)OCC(=O)N2CCC(C)CC2)c2ccccc2c1=O. The number of fused-ring (bicyclic) bond motifs is 1. The van der Waals surface area contributed by atoms with Crippen molar-refractivity contribution in [2.75, 3.05) is 19.7 Å². The largest absolute Gasteiger partial charge is 0.451 e. The van der Waals surface area contributed by atoms with Gasteiger partial charge in [-0.3, -0.25) is 9.59 Å². The molecule has 3 rings (SSSR count). The highest BCUT2D eigenvalue weighted by Crippen LogP contribution is 2.17. The van der Waals surface area contributed by atoms with Crippen molar-refractivity contribution in [2.24, 2.45) is 5.92 Å². The number of aryl methyl sites for hydroxylation is 1. The van der Waals surface area contributed by atoms with Crippen LogP contribution in [0.5, 0.6) is 0 Å². The second-order valence-electron chi connectivity index (χ2n) is 6.65. The van der Waals surface area contributed by atoms with Crippen molar-refractivity contribution < 1.29 is 14.3 Å². The molecule has 1 aliphatic rings. The molecule has 1 saturated heterocycles. The third-order valence-corrected chi connectivity index (χ3v) is 4.82. The van der Waals surface area contributed by atoms with Gasteiger partial charge in [0.25, 0.3) is 11.5 Å². The molecule has 2 aromatic rings. The van der Waals surface area contributed by atoms with Crippen LogP contribution in [0.25, 0.3) is 10.8 Å². The third-order valence-electron chi connectivity index (χ3n) is 4.82. The lowest BCUT2D eigenvalue weighted by Gasteiger charge is -2.30. The van der Waals surface area contributed by atoms with Gasteiger partial charge in [0.1, 0.15) is 0 Å². The number of amides is 1. The second kappa shape index (κ2) is 7.68. The molecule has 138 valence electrons. The zero-order chi connectivity index (χ0) is 18.7. The van der Waals surface area contributed by atoms with Crippen molar-refractivity contribution in [1.82, 2.24) is 14.7 Å². The molecule has 1 aliphatic heterocycles. The molecule has 0 aliphatic carbocycles. The number of rotatable bonds is 4. The first kappa shape index (κ1) is 18.1. The van der Waals surface area contributed by atoms with Gasteiger partial charge in [0.05, 0.1) is 5.39 Å². The molecule has 0 radical (unpaired) electrons. The van der Waals surface area contributed by atoms with Gasteiger partial charge in [-0.15, -0.1) is 0 Å². The minimum atomic E-state index is -0.692. The zero-order valence-electron chi connectivity index (χ0n) is 15.1. The number of piperidine rings is 1. The highest BCUT2D eigenvalue weighted by Gasteiger charge is 2.23. The Morgan fingerprint density at radius 1 is 1.19 bits per heavy atom. The van der Waals surface area contributed by atoms with Gasteiger partial charge in [0.2, 0.25) is 0 Å². The molecule has 0 unspecified atom stereocenters. The van der Waals surface area contributed by atoms with Gasteiger partial charge >= 0.3 is 5.97 Å². The van der Waals surface area contributed by atoms with Crippen LogP contribution >= 0.6 is 0 Å². The van der Waals surface area contributed by atoms with Gasteiger partial charge in [-0.1, -0.05) is 25.1 Å². The number of likely N-dealkylation sites (tertiary alicyclic amines) is 1. The van der Waals surface area contributed by atoms with Gasteiger partial charge in [-0.05, 0) is 31.7 Å². The monoisotopic (exact) mass is 357 g/mol. The van der Waals surface area contributed by atoms with E-state index in [-0.39, 0.29) is 23.8 Å². The van der Waals surface area contributed by atoms with E-state index in [0.717, 1.165) is 12.8 Å². The molecule has 0 atom stereocenters. The highest BCUT2D eigenvalue weighted by molar-refractivity contribution is 6.02. The summed E-state index contributed by atoms with van der Waals surface area (Å²) in [7, 11) is 0. The van der Waals surface area contributed by atoms with E-state index in [9.17, 15) is 14.4 Å². The number of aromatic nitrogens is 2. The first-order chi connectivity index (χ1) is 12.5. The lowest BCUT2D eigenvalue weighted by atomic mass is 9.99. The summed E-state index contributed by atoms with van der Waals surface area (Å²) in [5.74, 6) is -0.271. The zero-order valence-corrected chi connectivity index (χ0v) is 15.1. The van der Waals surface area contributed by atoms with Crippen LogP contribution in [0.15, 0.2) is 29.1 Å². The number of carbonyl (C=O) groups excluding carboxylic acids is 2. The van der Waals surface area contributed by atoms with Crippen LogP contribution in [-0.4, -0.2) is 46.3 Å². The molecule has 26 heavy (non-hydrogen) atoms. The second-order valence-corrected chi connectivity index (χ2v) is 6.65. The molecular formula is C19H23N3O4. The maximum absolute atomic E-state index is 12.5. The smallest absolute Gasteiger partial charge is 0.359 e. The van der Waals surface area contributed by atoms with Gasteiger partial charge in [0.15, 0.2) is 12.3 Å². The molecule has 7 nitrogen and oxygen atoms in total. The summed E-state index contributed by atoms with van der Waals surface area (Å²) in [5.41, 5.74) is -0.194. The lowest BCUT2D eigenvalue weighted by molar-refractivity contribution is -0.135. The summed E-state index contributed by atoms with van der Waals surface area (Å²) < 4.78 is 6.44. The summed E-state index contributed by atoms with van der Waals surface area (Å²) in [4.78, 5) is 38.8. The summed E-state index contributed by atoms with van der Waals surface area (Å²) in [6.07, 6.45) is 1.93. The number of carbonyl (C=O) groups is 2. The van der Waals surface area contributed by atoms with Gasteiger partial charge < -0.3 is 9.64 Å². The van der Waals surface area contributed by atoms with Crippen LogP contribution in [-0.2, 0) is 16.1 Å². The summed E-state index contributed by atoms with van der Waals surface area (Å²) in [6, 6.07) is 6.78. The van der Waals surface area contributed by atoms with Crippen molar-refractivity contribution in [3.63, 3.8) is 0 Å². The van der Waals surface area contributed by atoms with Crippen LogP contribution in [0, 0.1) is 5.92 Å². The van der Waals surface area contributed by atoms with Crippen molar-refractivity contribution in [1.29, 1.82) is 0 Å². The van der Waals surface area contributed by atoms with E-state index >= 15 is 0 Å². The predicted molar refractivity (Wildman–Crippen MR) is 96.9 cm³/mol. The molecule has 1 amide bonds. The first-order valence-electron chi connectivity index (χ1n) is 8.96. The Morgan fingerprint density at radius 3 is 2.50 bits per heavy atom. The number of ether oxygens (including phenoxy) is 1. The van der Waals surface area contributed by atoms with Gasteiger partial charge in [-0.2, -0.15) is 5.10 Å². The van der Waals surface area contributed by atoms with E-state index in [1.165, 1.54) is 4.68 Å².